The summed E-state index contributed by atoms with van der Waals surface area (Å²) in [5, 5.41) is 4.20. The van der Waals surface area contributed by atoms with E-state index in [0.29, 0.717) is 6.04 Å². The van der Waals surface area contributed by atoms with Crippen LogP contribution in [0.1, 0.15) is 32.4 Å². The number of rotatable bonds is 4. The molecule has 100 valence electrons. The molecule has 1 saturated heterocycles. The van der Waals surface area contributed by atoms with Gasteiger partial charge in [-0.15, -0.1) is 0 Å². The molecule has 0 radical (unpaired) electrons. The minimum absolute atomic E-state index is 0.444. The number of hydrogen-bond donors (Lipinski definition) is 1. The molecule has 2 atom stereocenters. The van der Waals surface area contributed by atoms with Crippen LogP contribution in [-0.2, 0) is 0 Å². The standard InChI is InChI=1S/C15H24N2S/c1-4-16-13(3)14-5-7-15(8-6-14)17-9-10-18-12(2)11-17/h5-8,12-13,16H,4,9-11H2,1-3H3. The van der Waals surface area contributed by atoms with E-state index in [9.17, 15) is 0 Å². The van der Waals surface area contributed by atoms with Gasteiger partial charge in [-0.3, -0.25) is 0 Å². The van der Waals surface area contributed by atoms with Crippen LogP contribution in [0.4, 0.5) is 5.69 Å². The number of anilines is 1. The molecule has 1 N–H and O–H groups in total. The minimum Gasteiger partial charge on any atom is -0.370 e. The average Bonchev–Trinajstić information content (AvgIpc) is 2.39. The first-order chi connectivity index (χ1) is 8.70. The highest BCUT2D eigenvalue weighted by atomic mass is 32.2. The summed E-state index contributed by atoms with van der Waals surface area (Å²) in [5.41, 5.74) is 2.75. The third-order valence-corrected chi connectivity index (χ3v) is 4.65. The summed E-state index contributed by atoms with van der Waals surface area (Å²) in [4.78, 5) is 2.50. The average molecular weight is 264 g/mol. The zero-order valence-electron chi connectivity index (χ0n) is 11.6. The van der Waals surface area contributed by atoms with Gasteiger partial charge < -0.3 is 10.2 Å². The van der Waals surface area contributed by atoms with Crippen molar-refractivity contribution in [2.24, 2.45) is 0 Å². The number of hydrogen-bond acceptors (Lipinski definition) is 3. The van der Waals surface area contributed by atoms with Crippen LogP contribution in [-0.4, -0.2) is 30.6 Å². The summed E-state index contributed by atoms with van der Waals surface area (Å²) >= 11 is 2.08. The first-order valence-corrected chi connectivity index (χ1v) is 7.95. The van der Waals surface area contributed by atoms with E-state index in [-0.39, 0.29) is 0 Å². The minimum atomic E-state index is 0.444. The van der Waals surface area contributed by atoms with Crippen LogP contribution in [0.25, 0.3) is 0 Å². The zero-order valence-corrected chi connectivity index (χ0v) is 12.5. The maximum atomic E-state index is 3.45. The summed E-state index contributed by atoms with van der Waals surface area (Å²) in [6.07, 6.45) is 0. The third-order valence-electron chi connectivity index (χ3n) is 3.51. The molecule has 1 fully saturated rings. The summed E-state index contributed by atoms with van der Waals surface area (Å²) in [6.45, 7) is 10.1. The lowest BCUT2D eigenvalue weighted by molar-refractivity contribution is 0.598. The second-order valence-electron chi connectivity index (χ2n) is 5.00. The van der Waals surface area contributed by atoms with Crippen LogP contribution in [0.2, 0.25) is 0 Å². The van der Waals surface area contributed by atoms with Gasteiger partial charge in [-0.25, -0.2) is 0 Å². The van der Waals surface area contributed by atoms with Crippen molar-refractivity contribution in [3.8, 4) is 0 Å². The molecular weight excluding hydrogens is 240 g/mol. The highest BCUT2D eigenvalue weighted by Gasteiger charge is 2.16. The van der Waals surface area contributed by atoms with Gasteiger partial charge in [0, 0.05) is 35.8 Å². The largest absolute Gasteiger partial charge is 0.370 e. The molecule has 1 heterocycles. The van der Waals surface area contributed by atoms with Crippen molar-refractivity contribution < 1.29 is 0 Å². The Labute approximate surface area is 115 Å². The molecule has 0 aromatic heterocycles. The van der Waals surface area contributed by atoms with E-state index < -0.39 is 0 Å². The van der Waals surface area contributed by atoms with E-state index in [4.69, 9.17) is 0 Å². The van der Waals surface area contributed by atoms with Crippen LogP contribution in [0, 0.1) is 0 Å². The van der Waals surface area contributed by atoms with Crippen LogP contribution >= 0.6 is 11.8 Å². The van der Waals surface area contributed by atoms with Crippen LogP contribution in [0.3, 0.4) is 0 Å². The first-order valence-electron chi connectivity index (χ1n) is 6.90. The van der Waals surface area contributed by atoms with Gasteiger partial charge in [0.25, 0.3) is 0 Å². The topological polar surface area (TPSA) is 15.3 Å². The van der Waals surface area contributed by atoms with E-state index in [1.807, 2.05) is 0 Å². The fourth-order valence-corrected chi connectivity index (χ4v) is 3.46. The Morgan fingerprint density at radius 2 is 2.11 bits per heavy atom. The van der Waals surface area contributed by atoms with Crippen molar-refractivity contribution >= 4 is 17.4 Å². The molecule has 18 heavy (non-hydrogen) atoms. The van der Waals surface area contributed by atoms with E-state index >= 15 is 0 Å². The lowest BCUT2D eigenvalue weighted by atomic mass is 10.1. The molecule has 3 heteroatoms. The monoisotopic (exact) mass is 264 g/mol. The molecule has 0 aliphatic carbocycles. The van der Waals surface area contributed by atoms with Gasteiger partial charge in [-0.2, -0.15) is 11.8 Å². The van der Waals surface area contributed by atoms with Gasteiger partial charge in [0.15, 0.2) is 0 Å². The summed E-state index contributed by atoms with van der Waals surface area (Å²) in [7, 11) is 0. The molecule has 1 aliphatic heterocycles. The maximum absolute atomic E-state index is 3.45. The Kier molecular flexibility index (Phi) is 4.95. The molecule has 0 spiro atoms. The summed E-state index contributed by atoms with van der Waals surface area (Å²) in [5.74, 6) is 1.25. The van der Waals surface area contributed by atoms with E-state index in [2.05, 4.69) is 67.0 Å². The smallest absolute Gasteiger partial charge is 0.0367 e. The zero-order chi connectivity index (χ0) is 13.0. The predicted molar refractivity (Wildman–Crippen MR) is 82.7 cm³/mol. The number of thioether (sulfide) groups is 1. The van der Waals surface area contributed by atoms with Crippen molar-refractivity contribution in [1.29, 1.82) is 0 Å². The van der Waals surface area contributed by atoms with E-state index in [1.165, 1.54) is 30.1 Å². The fraction of sp³-hybridized carbons (Fsp3) is 0.600. The molecule has 0 bridgehead atoms. The van der Waals surface area contributed by atoms with Crippen molar-refractivity contribution in [3.05, 3.63) is 29.8 Å². The van der Waals surface area contributed by atoms with Gasteiger partial charge >= 0.3 is 0 Å². The summed E-state index contributed by atoms with van der Waals surface area (Å²) < 4.78 is 0. The normalized spacial score (nSPS) is 21.9. The molecule has 1 aromatic rings. The lowest BCUT2D eigenvalue weighted by Crippen LogP contribution is -2.36. The van der Waals surface area contributed by atoms with Gasteiger partial charge in [0.05, 0.1) is 0 Å². The van der Waals surface area contributed by atoms with Gasteiger partial charge in [-0.1, -0.05) is 26.0 Å². The molecule has 1 aliphatic rings. The van der Waals surface area contributed by atoms with Gasteiger partial charge in [-0.05, 0) is 31.2 Å². The molecule has 0 amide bonds. The fourth-order valence-electron chi connectivity index (χ4n) is 2.45. The maximum Gasteiger partial charge on any atom is 0.0367 e. The summed E-state index contributed by atoms with van der Waals surface area (Å²) in [6, 6.07) is 9.50. The Morgan fingerprint density at radius 3 is 2.72 bits per heavy atom. The van der Waals surface area contributed by atoms with E-state index in [1.54, 1.807) is 0 Å². The van der Waals surface area contributed by atoms with Crippen molar-refractivity contribution in [2.45, 2.75) is 32.1 Å². The van der Waals surface area contributed by atoms with Gasteiger partial charge in [0.2, 0.25) is 0 Å². The molecule has 1 aromatic carbocycles. The highest BCUT2D eigenvalue weighted by molar-refractivity contribution is 8.00. The molecular formula is C15H24N2S. The first kappa shape index (κ1) is 13.8. The Morgan fingerprint density at radius 1 is 1.39 bits per heavy atom. The SMILES string of the molecule is CCNC(C)c1ccc(N2CCSC(C)C2)cc1. The molecule has 2 rings (SSSR count). The number of benzene rings is 1. The quantitative estimate of drug-likeness (QED) is 0.898. The second-order valence-corrected chi connectivity index (χ2v) is 6.54. The Balaban J connectivity index is 2.02. The molecule has 0 saturated carbocycles. The van der Waals surface area contributed by atoms with Crippen molar-refractivity contribution in [1.82, 2.24) is 5.32 Å². The van der Waals surface area contributed by atoms with Crippen LogP contribution in [0.15, 0.2) is 24.3 Å². The van der Waals surface area contributed by atoms with Crippen LogP contribution < -0.4 is 10.2 Å². The van der Waals surface area contributed by atoms with Gasteiger partial charge in [0.1, 0.15) is 0 Å². The number of nitrogens with zero attached hydrogens (tertiary/aromatic N) is 1. The molecule has 2 unspecified atom stereocenters. The highest BCUT2D eigenvalue weighted by Crippen LogP contribution is 2.25. The third kappa shape index (κ3) is 3.42. The Bertz CT molecular complexity index is 363. The second kappa shape index (κ2) is 6.48. The van der Waals surface area contributed by atoms with Crippen molar-refractivity contribution in [3.63, 3.8) is 0 Å². The van der Waals surface area contributed by atoms with Crippen molar-refractivity contribution in [2.75, 3.05) is 30.3 Å². The Hall–Kier alpha value is -0.670. The number of nitrogens with one attached hydrogen (secondary N) is 1. The molecule has 2 nitrogen and oxygen atoms in total. The van der Waals surface area contributed by atoms with E-state index in [0.717, 1.165) is 11.8 Å². The predicted octanol–water partition coefficient (Wildman–Crippen LogP) is 3.30. The van der Waals surface area contributed by atoms with Crippen LogP contribution in [0.5, 0.6) is 0 Å². The lowest BCUT2D eigenvalue weighted by Gasteiger charge is -2.32.